The molecule has 0 unspecified atom stereocenters. The van der Waals surface area contributed by atoms with Crippen LogP contribution in [0.1, 0.15) is 12.6 Å². The Morgan fingerprint density at radius 3 is 2.57 bits per heavy atom. The minimum atomic E-state index is 0.625. The van der Waals surface area contributed by atoms with Gasteiger partial charge in [0.15, 0.2) is 5.82 Å². The van der Waals surface area contributed by atoms with Crippen LogP contribution in [-0.2, 0) is 0 Å². The van der Waals surface area contributed by atoms with E-state index in [1.54, 1.807) is 14.2 Å². The molecular formula is C15H18IN3O2. The van der Waals surface area contributed by atoms with Gasteiger partial charge in [0.25, 0.3) is 0 Å². The molecule has 1 aromatic heterocycles. The first-order chi connectivity index (χ1) is 10.1. The van der Waals surface area contributed by atoms with Gasteiger partial charge in [-0.05, 0) is 54.6 Å². The Labute approximate surface area is 138 Å². The number of aryl methyl sites for hydroxylation is 1. The highest BCUT2D eigenvalue weighted by molar-refractivity contribution is 14.1. The number of methoxy groups -OCH3 is 2. The van der Waals surface area contributed by atoms with Gasteiger partial charge >= 0.3 is 0 Å². The number of nitrogens with zero attached hydrogens (tertiary/aromatic N) is 2. The van der Waals surface area contributed by atoms with Gasteiger partial charge in [0.05, 0.1) is 29.0 Å². The van der Waals surface area contributed by atoms with Crippen molar-refractivity contribution in [3.8, 4) is 22.9 Å². The van der Waals surface area contributed by atoms with Crippen molar-refractivity contribution < 1.29 is 9.47 Å². The number of nitrogens with one attached hydrogen (secondary N) is 1. The van der Waals surface area contributed by atoms with E-state index in [1.165, 1.54) is 0 Å². The zero-order valence-corrected chi connectivity index (χ0v) is 14.7. The number of ether oxygens (including phenoxy) is 2. The van der Waals surface area contributed by atoms with Gasteiger partial charge < -0.3 is 14.8 Å². The Morgan fingerprint density at radius 1 is 1.19 bits per heavy atom. The zero-order valence-electron chi connectivity index (χ0n) is 12.5. The predicted octanol–water partition coefficient (Wildman–Crippen LogP) is 3.51. The van der Waals surface area contributed by atoms with Crippen LogP contribution in [-0.4, -0.2) is 30.7 Å². The van der Waals surface area contributed by atoms with Crippen LogP contribution in [0.3, 0.4) is 0 Å². The third-order valence-electron chi connectivity index (χ3n) is 3.01. The van der Waals surface area contributed by atoms with E-state index in [4.69, 9.17) is 9.47 Å². The van der Waals surface area contributed by atoms with Crippen LogP contribution >= 0.6 is 22.6 Å². The summed E-state index contributed by atoms with van der Waals surface area (Å²) in [6, 6.07) is 5.60. The lowest BCUT2D eigenvalue weighted by molar-refractivity contribution is 0.404. The summed E-state index contributed by atoms with van der Waals surface area (Å²) >= 11 is 2.25. The molecule has 2 rings (SSSR count). The number of halogens is 1. The van der Waals surface area contributed by atoms with Crippen LogP contribution in [0, 0.1) is 10.5 Å². The Kier molecular flexibility index (Phi) is 5.22. The van der Waals surface area contributed by atoms with Crippen molar-refractivity contribution in [2.24, 2.45) is 0 Å². The highest BCUT2D eigenvalue weighted by atomic mass is 127. The summed E-state index contributed by atoms with van der Waals surface area (Å²) in [5.41, 5.74) is 1.75. The highest BCUT2D eigenvalue weighted by Gasteiger charge is 2.14. The van der Waals surface area contributed by atoms with Crippen molar-refractivity contribution in [1.29, 1.82) is 0 Å². The van der Waals surface area contributed by atoms with E-state index < -0.39 is 0 Å². The van der Waals surface area contributed by atoms with Crippen LogP contribution < -0.4 is 14.8 Å². The lowest BCUT2D eigenvalue weighted by Crippen LogP contribution is -2.06. The molecule has 1 aromatic carbocycles. The number of aromatic nitrogens is 2. The van der Waals surface area contributed by atoms with Crippen LogP contribution in [0.5, 0.6) is 11.5 Å². The largest absolute Gasteiger partial charge is 0.497 e. The first-order valence-corrected chi connectivity index (χ1v) is 7.69. The van der Waals surface area contributed by atoms with Crippen LogP contribution in [0.4, 0.5) is 5.82 Å². The average molecular weight is 399 g/mol. The van der Waals surface area contributed by atoms with Gasteiger partial charge in [-0.1, -0.05) is 0 Å². The lowest BCUT2D eigenvalue weighted by Gasteiger charge is -2.13. The SMILES string of the molecule is CCNc1nc(-c2cc(OC)ccc2OC)nc(C)c1I. The quantitative estimate of drug-likeness (QED) is 0.781. The molecule has 5 nitrogen and oxygen atoms in total. The fourth-order valence-electron chi connectivity index (χ4n) is 1.95. The molecule has 0 aliphatic carbocycles. The smallest absolute Gasteiger partial charge is 0.165 e. The second-order valence-corrected chi connectivity index (χ2v) is 5.47. The Bertz CT molecular complexity index is 647. The maximum absolute atomic E-state index is 5.41. The molecule has 0 saturated carbocycles. The van der Waals surface area contributed by atoms with Crippen LogP contribution in [0.2, 0.25) is 0 Å². The minimum Gasteiger partial charge on any atom is -0.497 e. The molecule has 0 radical (unpaired) electrons. The normalized spacial score (nSPS) is 10.3. The van der Waals surface area contributed by atoms with E-state index in [2.05, 4.69) is 37.9 Å². The van der Waals surface area contributed by atoms with E-state index >= 15 is 0 Å². The molecular weight excluding hydrogens is 381 g/mol. The third-order valence-corrected chi connectivity index (χ3v) is 4.30. The third kappa shape index (κ3) is 3.37. The van der Waals surface area contributed by atoms with Crippen LogP contribution in [0.25, 0.3) is 11.4 Å². The Balaban J connectivity index is 2.60. The molecule has 6 heteroatoms. The highest BCUT2D eigenvalue weighted by Crippen LogP contribution is 2.33. The van der Waals surface area contributed by atoms with Crippen molar-refractivity contribution >= 4 is 28.4 Å². The summed E-state index contributed by atoms with van der Waals surface area (Å²) in [6.07, 6.45) is 0. The number of benzene rings is 1. The van der Waals surface area contributed by atoms with Crippen molar-refractivity contribution in [3.05, 3.63) is 27.5 Å². The summed E-state index contributed by atoms with van der Waals surface area (Å²) in [7, 11) is 3.27. The minimum absolute atomic E-state index is 0.625. The van der Waals surface area contributed by atoms with Crippen molar-refractivity contribution in [2.45, 2.75) is 13.8 Å². The molecule has 2 aromatic rings. The molecule has 112 valence electrons. The molecule has 0 amide bonds. The monoisotopic (exact) mass is 399 g/mol. The molecule has 21 heavy (non-hydrogen) atoms. The Morgan fingerprint density at radius 2 is 1.95 bits per heavy atom. The van der Waals surface area contributed by atoms with Gasteiger partial charge in [-0.25, -0.2) is 9.97 Å². The van der Waals surface area contributed by atoms with Gasteiger partial charge in [-0.2, -0.15) is 0 Å². The average Bonchev–Trinajstić information content (AvgIpc) is 2.51. The van der Waals surface area contributed by atoms with E-state index in [0.29, 0.717) is 5.82 Å². The Hall–Kier alpha value is -1.57. The number of hydrogen-bond donors (Lipinski definition) is 1. The summed E-state index contributed by atoms with van der Waals surface area (Å²) < 4.78 is 11.7. The predicted molar refractivity (Wildman–Crippen MR) is 92.2 cm³/mol. The molecule has 0 atom stereocenters. The lowest BCUT2D eigenvalue weighted by atomic mass is 10.1. The zero-order chi connectivity index (χ0) is 15.4. The van der Waals surface area contributed by atoms with Crippen LogP contribution in [0.15, 0.2) is 18.2 Å². The van der Waals surface area contributed by atoms with Gasteiger partial charge in [0, 0.05) is 6.54 Å². The van der Waals surface area contributed by atoms with E-state index in [-0.39, 0.29) is 0 Å². The maximum atomic E-state index is 5.41. The molecule has 1 N–H and O–H groups in total. The topological polar surface area (TPSA) is 56.3 Å². The fraction of sp³-hybridized carbons (Fsp3) is 0.333. The summed E-state index contributed by atoms with van der Waals surface area (Å²) in [4.78, 5) is 9.19. The summed E-state index contributed by atoms with van der Waals surface area (Å²) in [5.74, 6) is 2.93. The number of hydrogen-bond acceptors (Lipinski definition) is 5. The summed E-state index contributed by atoms with van der Waals surface area (Å²) in [5, 5.41) is 3.26. The number of anilines is 1. The van der Waals surface area contributed by atoms with Gasteiger partial charge in [-0.3, -0.25) is 0 Å². The van der Waals surface area contributed by atoms with Gasteiger partial charge in [-0.15, -0.1) is 0 Å². The standard InChI is InChI=1S/C15H18IN3O2/c1-5-17-15-13(16)9(2)18-14(19-15)11-8-10(20-3)6-7-12(11)21-4/h6-8H,5H2,1-4H3,(H,17,18,19). The molecule has 0 aliphatic heterocycles. The molecule has 0 aliphatic rings. The molecule has 0 saturated heterocycles. The molecule has 1 heterocycles. The fourth-order valence-corrected chi connectivity index (χ4v) is 2.39. The molecule has 0 bridgehead atoms. The van der Waals surface area contributed by atoms with Crippen molar-refractivity contribution in [3.63, 3.8) is 0 Å². The van der Waals surface area contributed by atoms with E-state index in [9.17, 15) is 0 Å². The van der Waals surface area contributed by atoms with Crippen molar-refractivity contribution in [1.82, 2.24) is 9.97 Å². The first-order valence-electron chi connectivity index (χ1n) is 6.61. The molecule has 0 spiro atoms. The molecule has 0 fully saturated rings. The number of rotatable bonds is 5. The first kappa shape index (κ1) is 15.8. The van der Waals surface area contributed by atoms with Gasteiger partial charge in [0.1, 0.15) is 17.3 Å². The van der Waals surface area contributed by atoms with E-state index in [0.717, 1.165) is 38.7 Å². The second-order valence-electron chi connectivity index (χ2n) is 4.39. The maximum Gasteiger partial charge on any atom is 0.165 e. The van der Waals surface area contributed by atoms with Crippen molar-refractivity contribution in [2.75, 3.05) is 26.1 Å². The van der Waals surface area contributed by atoms with Gasteiger partial charge in [0.2, 0.25) is 0 Å². The second kappa shape index (κ2) is 6.93. The van der Waals surface area contributed by atoms with E-state index in [1.807, 2.05) is 32.0 Å². The summed E-state index contributed by atoms with van der Waals surface area (Å²) in [6.45, 7) is 4.82.